The molecule has 1 aliphatic rings. The minimum atomic E-state index is -0.709. The third-order valence-electron chi connectivity index (χ3n) is 4.63. The van der Waals surface area contributed by atoms with Crippen LogP contribution in [0.4, 0.5) is 5.82 Å². The highest BCUT2D eigenvalue weighted by molar-refractivity contribution is 7.71. The lowest BCUT2D eigenvalue weighted by atomic mass is 10.0. The van der Waals surface area contributed by atoms with E-state index in [2.05, 4.69) is 22.2 Å². The van der Waals surface area contributed by atoms with Crippen LogP contribution in [0.1, 0.15) is 44.7 Å². The van der Waals surface area contributed by atoms with Crippen molar-refractivity contribution in [3.8, 4) is 0 Å². The number of rotatable bonds is 9. The van der Waals surface area contributed by atoms with Crippen molar-refractivity contribution in [2.24, 2.45) is 5.10 Å². The lowest BCUT2D eigenvalue weighted by molar-refractivity contribution is -0.133. The maximum absolute atomic E-state index is 13.6. The molecule has 0 aliphatic heterocycles. The first-order chi connectivity index (χ1) is 13.9. The Labute approximate surface area is 177 Å². The molecule has 1 aliphatic carbocycles. The number of hydrazone groups is 1. The lowest BCUT2D eigenvalue weighted by Crippen LogP contribution is -2.39. The molecule has 8 heteroatoms. The van der Waals surface area contributed by atoms with E-state index in [1.807, 2.05) is 37.8 Å². The van der Waals surface area contributed by atoms with Gasteiger partial charge in [0.05, 0.1) is 6.33 Å². The molecule has 0 saturated carbocycles. The number of hydrogen-bond donors (Lipinski definition) is 2. The van der Waals surface area contributed by atoms with Crippen LogP contribution in [0.2, 0.25) is 0 Å². The molecule has 1 aromatic rings. The highest BCUT2D eigenvalue weighted by atomic mass is 32.1. The summed E-state index contributed by atoms with van der Waals surface area (Å²) in [6.45, 7) is 10.6. The summed E-state index contributed by atoms with van der Waals surface area (Å²) < 4.78 is 2.17. The number of anilines is 1. The lowest BCUT2D eigenvalue weighted by Gasteiger charge is -2.29. The van der Waals surface area contributed by atoms with Crippen LogP contribution in [-0.2, 0) is 4.79 Å². The van der Waals surface area contributed by atoms with Crippen molar-refractivity contribution in [2.75, 3.05) is 18.5 Å². The maximum atomic E-state index is 13.6. The molecule has 1 aromatic heterocycles. The number of nitrogens with one attached hydrogen (secondary N) is 1. The first-order valence-corrected chi connectivity index (χ1v) is 10.2. The van der Waals surface area contributed by atoms with E-state index in [0.717, 1.165) is 12.8 Å². The first-order valence-electron chi connectivity index (χ1n) is 9.80. The van der Waals surface area contributed by atoms with Gasteiger partial charge in [0, 0.05) is 25.4 Å². The number of aliphatic hydroxyl groups is 1. The molecule has 2 N–H and O–H groups in total. The Morgan fingerprint density at radius 1 is 1.45 bits per heavy atom. The van der Waals surface area contributed by atoms with Gasteiger partial charge in [-0.3, -0.25) is 10.2 Å². The Kier molecular flexibility index (Phi) is 8.33. The summed E-state index contributed by atoms with van der Waals surface area (Å²) in [6.07, 6.45) is 10.9. The van der Waals surface area contributed by atoms with Gasteiger partial charge in [-0.25, -0.2) is 4.98 Å². The van der Waals surface area contributed by atoms with Crippen LogP contribution in [0.25, 0.3) is 0 Å². The van der Waals surface area contributed by atoms with Gasteiger partial charge in [-0.1, -0.05) is 38.2 Å². The predicted molar refractivity (Wildman–Crippen MR) is 120 cm³/mol. The SMILES string of the molecule is C=NNc1ncn(C(C(=O)N(CCC)CCC)C2=CCC=CC(O)=C2)c(=S)c1C. The Bertz CT molecular complexity index is 895. The first kappa shape index (κ1) is 22.5. The molecule has 7 nitrogen and oxygen atoms in total. The molecule has 1 amide bonds. The molecule has 2 rings (SSSR count). The average Bonchev–Trinajstić information content (AvgIpc) is 2.91. The standard InChI is InChI=1S/C21H29N5O2S/c1-5-11-25(12-6-2)20(28)18(16-9-7-8-10-17(27)13-16)26-14-23-19(24-22-4)15(3)21(26)29/h8-10,13-14,18,24,27H,4-7,11-12H2,1-3H3. The second-order valence-corrected chi connectivity index (χ2v) is 7.23. The largest absolute Gasteiger partial charge is 0.508 e. The second-order valence-electron chi connectivity index (χ2n) is 6.84. The molecular formula is C21H29N5O2S. The number of nitrogens with zero attached hydrogens (tertiary/aromatic N) is 4. The topological polar surface area (TPSA) is 82.8 Å². The van der Waals surface area contributed by atoms with Crippen LogP contribution >= 0.6 is 12.2 Å². The smallest absolute Gasteiger partial charge is 0.250 e. The molecule has 29 heavy (non-hydrogen) atoms. The molecule has 0 radical (unpaired) electrons. The summed E-state index contributed by atoms with van der Waals surface area (Å²) in [5, 5.41) is 13.8. The van der Waals surface area contributed by atoms with Crippen molar-refractivity contribution in [2.45, 2.75) is 46.1 Å². The monoisotopic (exact) mass is 415 g/mol. The Morgan fingerprint density at radius 3 is 2.76 bits per heavy atom. The molecule has 1 unspecified atom stereocenters. The van der Waals surface area contributed by atoms with E-state index in [4.69, 9.17) is 12.2 Å². The van der Waals surface area contributed by atoms with Crippen LogP contribution in [0.3, 0.4) is 0 Å². The number of carbonyl (C=O) groups is 1. The van der Waals surface area contributed by atoms with Crippen molar-refractivity contribution >= 4 is 30.7 Å². The Balaban J connectivity index is 2.62. The van der Waals surface area contributed by atoms with E-state index in [0.29, 0.717) is 41.1 Å². The van der Waals surface area contributed by atoms with E-state index >= 15 is 0 Å². The molecule has 0 aromatic carbocycles. The van der Waals surface area contributed by atoms with Crippen LogP contribution in [0, 0.1) is 11.6 Å². The molecular weight excluding hydrogens is 386 g/mol. The van der Waals surface area contributed by atoms with E-state index < -0.39 is 6.04 Å². The summed E-state index contributed by atoms with van der Waals surface area (Å²) in [4.78, 5) is 19.9. The van der Waals surface area contributed by atoms with Gasteiger partial charge >= 0.3 is 0 Å². The number of aliphatic hydroxyl groups excluding tert-OH is 1. The third-order valence-corrected chi connectivity index (χ3v) is 5.14. The summed E-state index contributed by atoms with van der Waals surface area (Å²) in [6, 6.07) is -0.709. The highest BCUT2D eigenvalue weighted by Gasteiger charge is 2.29. The van der Waals surface area contributed by atoms with E-state index in [-0.39, 0.29) is 11.7 Å². The number of aromatic nitrogens is 2. The summed E-state index contributed by atoms with van der Waals surface area (Å²) >= 11 is 5.66. The maximum Gasteiger partial charge on any atom is 0.250 e. The zero-order valence-electron chi connectivity index (χ0n) is 17.3. The van der Waals surface area contributed by atoms with Gasteiger partial charge in [0.15, 0.2) is 5.82 Å². The number of hydrogen-bond acceptors (Lipinski definition) is 6. The quantitative estimate of drug-likeness (QED) is 0.353. The van der Waals surface area contributed by atoms with Gasteiger partial charge in [-0.05, 0) is 43.9 Å². The Hall–Kier alpha value is -2.74. The zero-order valence-corrected chi connectivity index (χ0v) is 18.1. The molecule has 0 spiro atoms. The van der Waals surface area contributed by atoms with Gasteiger partial charge in [-0.15, -0.1) is 0 Å². The minimum Gasteiger partial charge on any atom is -0.508 e. The molecule has 1 heterocycles. The predicted octanol–water partition coefficient (Wildman–Crippen LogP) is 4.47. The van der Waals surface area contributed by atoms with Gasteiger partial charge in [0.2, 0.25) is 5.91 Å². The van der Waals surface area contributed by atoms with Gasteiger partial charge < -0.3 is 14.6 Å². The molecule has 1 atom stereocenters. The summed E-state index contributed by atoms with van der Waals surface area (Å²) in [5.41, 5.74) is 4.11. The second kappa shape index (κ2) is 10.7. The van der Waals surface area contributed by atoms with Crippen LogP contribution in [0.15, 0.2) is 47.1 Å². The van der Waals surface area contributed by atoms with Crippen molar-refractivity contribution in [3.05, 3.63) is 52.2 Å². The van der Waals surface area contributed by atoms with Gasteiger partial charge in [0.25, 0.3) is 0 Å². The highest BCUT2D eigenvalue weighted by Crippen LogP contribution is 2.27. The van der Waals surface area contributed by atoms with Crippen LogP contribution < -0.4 is 5.43 Å². The van der Waals surface area contributed by atoms with Crippen molar-refractivity contribution < 1.29 is 9.90 Å². The fourth-order valence-corrected chi connectivity index (χ4v) is 3.51. The number of carbonyl (C=O) groups excluding carboxylic acids is 1. The summed E-state index contributed by atoms with van der Waals surface area (Å²) in [7, 11) is 0. The molecule has 0 saturated heterocycles. The Morgan fingerprint density at radius 2 is 2.14 bits per heavy atom. The number of allylic oxidation sites excluding steroid dienone is 4. The normalized spacial score (nSPS) is 14.4. The van der Waals surface area contributed by atoms with Crippen LogP contribution in [0.5, 0.6) is 0 Å². The van der Waals surface area contributed by atoms with Gasteiger partial charge in [0.1, 0.15) is 16.4 Å². The fourth-order valence-electron chi connectivity index (χ4n) is 3.26. The third kappa shape index (κ3) is 5.41. The minimum absolute atomic E-state index is 0.0641. The summed E-state index contributed by atoms with van der Waals surface area (Å²) in [5.74, 6) is 0.543. The molecule has 156 valence electrons. The molecule has 0 fully saturated rings. The fraction of sp³-hybridized carbons (Fsp3) is 0.429. The average molecular weight is 416 g/mol. The van der Waals surface area contributed by atoms with Crippen molar-refractivity contribution in [3.63, 3.8) is 0 Å². The van der Waals surface area contributed by atoms with Crippen molar-refractivity contribution in [1.29, 1.82) is 0 Å². The van der Waals surface area contributed by atoms with Gasteiger partial charge in [-0.2, -0.15) is 5.10 Å². The molecule has 0 bridgehead atoms. The van der Waals surface area contributed by atoms with E-state index in [9.17, 15) is 9.90 Å². The van der Waals surface area contributed by atoms with E-state index in [1.165, 1.54) is 0 Å². The van der Waals surface area contributed by atoms with Crippen molar-refractivity contribution in [1.82, 2.24) is 14.5 Å². The number of amides is 1. The van der Waals surface area contributed by atoms with Crippen LogP contribution in [-0.4, -0.2) is 45.3 Å². The van der Waals surface area contributed by atoms with E-state index in [1.54, 1.807) is 23.0 Å². The zero-order chi connectivity index (χ0) is 21.4.